The van der Waals surface area contributed by atoms with Gasteiger partial charge in [0.05, 0.1) is 0 Å². The summed E-state index contributed by atoms with van der Waals surface area (Å²) >= 11 is 0. The van der Waals surface area contributed by atoms with Gasteiger partial charge in [0.2, 0.25) is 6.04 Å². The first-order valence-corrected chi connectivity index (χ1v) is 12.6. The van der Waals surface area contributed by atoms with Crippen molar-refractivity contribution in [3.63, 3.8) is 0 Å². The van der Waals surface area contributed by atoms with Crippen molar-refractivity contribution in [2.24, 2.45) is 40.4 Å². The summed E-state index contributed by atoms with van der Waals surface area (Å²) in [6, 6.07) is -0.385. The molecular weight excluding hydrogens is 358 g/mol. The van der Waals surface area contributed by atoms with Crippen LogP contribution in [0.15, 0.2) is 11.6 Å². The minimum absolute atomic E-state index is 0.116. The number of fused-ring (bicyclic) bond motifs is 5. The van der Waals surface area contributed by atoms with E-state index in [9.17, 15) is 10.1 Å². The van der Waals surface area contributed by atoms with E-state index in [2.05, 4.69) is 26.8 Å². The SMILES string of the molecule is CC(CCC[C@@H](C)[C@H]1CC[C@H]2[C@@H]3CC=C4CCCC[C@]4(C)[C@H]3CC[C@]12C)[N+](=O)[O-]. The standard InChI is InChI=1S/C26H43NO2/c1-18(8-7-9-19(2)27(28)29)22-13-14-23-21-12-11-20-10-5-6-16-25(20,3)24(21)15-17-26(22,23)4/h11,18-19,21-24H,5-10,12-17H2,1-4H3/t18-,19?,21+,22-,23+,24+,25+,26-/m1/s1. The summed E-state index contributed by atoms with van der Waals surface area (Å²) in [5.74, 6) is 4.27. The highest BCUT2D eigenvalue weighted by molar-refractivity contribution is 5.24. The lowest BCUT2D eigenvalue weighted by molar-refractivity contribution is -0.519. The molecule has 3 saturated carbocycles. The van der Waals surface area contributed by atoms with E-state index in [0.29, 0.717) is 16.7 Å². The van der Waals surface area contributed by atoms with Crippen LogP contribution in [-0.4, -0.2) is 11.0 Å². The Morgan fingerprint density at radius 2 is 1.90 bits per heavy atom. The summed E-state index contributed by atoms with van der Waals surface area (Å²) < 4.78 is 0. The van der Waals surface area contributed by atoms with Gasteiger partial charge in [-0.05, 0) is 98.2 Å². The quantitative estimate of drug-likeness (QED) is 0.264. The molecule has 0 spiro atoms. The highest BCUT2D eigenvalue weighted by Gasteiger charge is 2.58. The minimum Gasteiger partial charge on any atom is -0.264 e. The van der Waals surface area contributed by atoms with Crippen LogP contribution >= 0.6 is 0 Å². The molecule has 4 aliphatic rings. The van der Waals surface area contributed by atoms with Gasteiger partial charge >= 0.3 is 0 Å². The van der Waals surface area contributed by atoms with Crippen LogP contribution in [-0.2, 0) is 0 Å². The molecule has 0 bridgehead atoms. The Morgan fingerprint density at radius 1 is 1.10 bits per heavy atom. The third kappa shape index (κ3) is 3.59. The Hall–Kier alpha value is -0.860. The van der Waals surface area contributed by atoms with E-state index in [1.165, 1.54) is 64.2 Å². The molecule has 8 atom stereocenters. The highest BCUT2D eigenvalue weighted by Crippen LogP contribution is 2.67. The third-order valence-corrected chi connectivity index (χ3v) is 10.4. The molecule has 0 radical (unpaired) electrons. The summed E-state index contributed by atoms with van der Waals surface area (Å²) in [6.45, 7) is 9.45. The van der Waals surface area contributed by atoms with Crippen LogP contribution in [0.1, 0.15) is 105 Å². The maximum Gasteiger partial charge on any atom is 0.210 e. The lowest BCUT2D eigenvalue weighted by atomic mass is 9.47. The molecule has 3 fully saturated rings. The number of rotatable bonds is 6. The summed E-state index contributed by atoms with van der Waals surface area (Å²) in [4.78, 5) is 10.8. The van der Waals surface area contributed by atoms with Crippen LogP contribution in [0.5, 0.6) is 0 Å². The molecule has 0 aromatic carbocycles. The molecular formula is C26H43NO2. The lowest BCUT2D eigenvalue weighted by Gasteiger charge is -2.58. The fourth-order valence-electron chi connectivity index (χ4n) is 8.72. The van der Waals surface area contributed by atoms with Crippen molar-refractivity contribution in [3.8, 4) is 0 Å². The van der Waals surface area contributed by atoms with Gasteiger partial charge in [0.25, 0.3) is 0 Å². The molecule has 0 amide bonds. The van der Waals surface area contributed by atoms with Gasteiger partial charge < -0.3 is 0 Å². The number of hydrogen-bond acceptors (Lipinski definition) is 2. The number of allylic oxidation sites excluding steroid dienone is 2. The fraction of sp³-hybridized carbons (Fsp3) is 0.923. The topological polar surface area (TPSA) is 43.1 Å². The normalized spacial score (nSPS) is 43.5. The molecule has 0 saturated heterocycles. The van der Waals surface area contributed by atoms with Gasteiger partial charge in [0, 0.05) is 18.3 Å². The lowest BCUT2D eigenvalue weighted by Crippen LogP contribution is -2.50. The van der Waals surface area contributed by atoms with Gasteiger partial charge in [-0.1, -0.05) is 45.3 Å². The van der Waals surface area contributed by atoms with E-state index in [1.807, 2.05) is 5.57 Å². The van der Waals surface area contributed by atoms with Crippen molar-refractivity contribution in [3.05, 3.63) is 21.8 Å². The second kappa shape index (κ2) is 8.00. The number of nitro groups is 1. The van der Waals surface area contributed by atoms with Crippen molar-refractivity contribution in [2.45, 2.75) is 111 Å². The minimum atomic E-state index is -0.385. The van der Waals surface area contributed by atoms with Crippen LogP contribution < -0.4 is 0 Å². The molecule has 0 N–H and O–H groups in total. The van der Waals surface area contributed by atoms with Gasteiger partial charge in [0.15, 0.2) is 0 Å². The average Bonchev–Trinajstić information content (AvgIpc) is 3.04. The Labute approximate surface area is 178 Å². The first-order chi connectivity index (χ1) is 13.8. The van der Waals surface area contributed by atoms with Crippen molar-refractivity contribution in [1.29, 1.82) is 0 Å². The van der Waals surface area contributed by atoms with Gasteiger partial charge in [-0.25, -0.2) is 0 Å². The Kier molecular flexibility index (Phi) is 5.90. The molecule has 4 rings (SSSR count). The van der Waals surface area contributed by atoms with Crippen molar-refractivity contribution in [1.82, 2.24) is 0 Å². The molecule has 29 heavy (non-hydrogen) atoms. The molecule has 4 aliphatic carbocycles. The van der Waals surface area contributed by atoms with Crippen molar-refractivity contribution < 1.29 is 4.92 Å². The maximum atomic E-state index is 10.9. The van der Waals surface area contributed by atoms with Gasteiger partial charge in [-0.15, -0.1) is 0 Å². The van der Waals surface area contributed by atoms with Crippen LogP contribution in [0.2, 0.25) is 0 Å². The predicted molar refractivity (Wildman–Crippen MR) is 119 cm³/mol. The molecule has 0 aromatic heterocycles. The zero-order valence-corrected chi connectivity index (χ0v) is 19.3. The Morgan fingerprint density at radius 3 is 2.66 bits per heavy atom. The fourth-order valence-corrected chi connectivity index (χ4v) is 8.72. The molecule has 0 aromatic rings. The third-order valence-electron chi connectivity index (χ3n) is 10.4. The molecule has 3 heteroatoms. The second-order valence-corrected chi connectivity index (χ2v) is 11.7. The van der Waals surface area contributed by atoms with E-state index < -0.39 is 0 Å². The summed E-state index contributed by atoms with van der Waals surface area (Å²) in [5, 5.41) is 10.9. The largest absolute Gasteiger partial charge is 0.264 e. The van der Waals surface area contributed by atoms with E-state index in [-0.39, 0.29) is 11.0 Å². The predicted octanol–water partition coefficient (Wildman–Crippen LogP) is 7.43. The van der Waals surface area contributed by atoms with E-state index in [0.717, 1.165) is 36.5 Å². The second-order valence-electron chi connectivity index (χ2n) is 11.7. The molecule has 0 heterocycles. The molecule has 3 nitrogen and oxygen atoms in total. The van der Waals surface area contributed by atoms with Crippen LogP contribution in [0.3, 0.4) is 0 Å². The van der Waals surface area contributed by atoms with Crippen LogP contribution in [0.25, 0.3) is 0 Å². The highest BCUT2D eigenvalue weighted by atomic mass is 16.6. The van der Waals surface area contributed by atoms with E-state index in [1.54, 1.807) is 6.92 Å². The summed E-state index contributed by atoms with van der Waals surface area (Å²) in [5.41, 5.74) is 2.83. The van der Waals surface area contributed by atoms with Gasteiger partial charge in [-0.3, -0.25) is 10.1 Å². The van der Waals surface area contributed by atoms with Crippen LogP contribution in [0, 0.1) is 50.5 Å². The Balaban J connectivity index is 1.44. The summed E-state index contributed by atoms with van der Waals surface area (Å²) in [7, 11) is 0. The monoisotopic (exact) mass is 401 g/mol. The zero-order valence-electron chi connectivity index (χ0n) is 19.3. The average molecular weight is 402 g/mol. The summed E-state index contributed by atoms with van der Waals surface area (Å²) in [6.07, 6.45) is 18.3. The van der Waals surface area contributed by atoms with Crippen molar-refractivity contribution >= 4 is 0 Å². The molecule has 1 unspecified atom stereocenters. The van der Waals surface area contributed by atoms with Gasteiger partial charge in [0.1, 0.15) is 0 Å². The van der Waals surface area contributed by atoms with E-state index >= 15 is 0 Å². The maximum absolute atomic E-state index is 10.9. The van der Waals surface area contributed by atoms with Crippen molar-refractivity contribution in [2.75, 3.05) is 0 Å². The van der Waals surface area contributed by atoms with Crippen LogP contribution in [0.4, 0.5) is 0 Å². The molecule has 164 valence electrons. The van der Waals surface area contributed by atoms with Gasteiger partial charge in [-0.2, -0.15) is 0 Å². The first-order valence-electron chi connectivity index (χ1n) is 12.6. The first kappa shape index (κ1) is 21.4. The molecule has 0 aliphatic heterocycles. The zero-order chi connectivity index (χ0) is 20.8. The number of hydrogen-bond donors (Lipinski definition) is 0. The van der Waals surface area contributed by atoms with E-state index in [4.69, 9.17) is 0 Å². The number of nitrogens with zero attached hydrogens (tertiary/aromatic N) is 1. The smallest absolute Gasteiger partial charge is 0.210 e. The Bertz CT molecular complexity index is 657.